The normalized spacial score (nSPS) is 14.7. The van der Waals surface area contributed by atoms with Crippen molar-refractivity contribution in [1.82, 2.24) is 5.43 Å². The van der Waals surface area contributed by atoms with Gasteiger partial charge in [-0.2, -0.15) is 0 Å². The first kappa shape index (κ1) is 21.4. The number of nitrogens with one attached hydrogen (secondary N) is 1. The molecule has 1 aromatic heterocycles. The van der Waals surface area contributed by atoms with Crippen LogP contribution in [0.2, 0.25) is 5.02 Å². The molecule has 0 radical (unpaired) electrons. The number of nitrogens with zero attached hydrogens (tertiary/aromatic N) is 1. The highest BCUT2D eigenvalue weighted by Gasteiger charge is 2.35. The highest BCUT2D eigenvalue weighted by atomic mass is 35.5. The Morgan fingerprint density at radius 1 is 1.12 bits per heavy atom. The zero-order valence-corrected chi connectivity index (χ0v) is 18.1. The van der Waals surface area contributed by atoms with E-state index in [1.165, 1.54) is 6.08 Å². The second-order valence-electron chi connectivity index (χ2n) is 7.07. The van der Waals surface area contributed by atoms with E-state index in [9.17, 15) is 14.4 Å². The van der Waals surface area contributed by atoms with Crippen LogP contribution in [0.15, 0.2) is 64.6 Å². The van der Waals surface area contributed by atoms with Crippen molar-refractivity contribution in [2.75, 3.05) is 11.6 Å². The van der Waals surface area contributed by atoms with E-state index in [0.29, 0.717) is 34.4 Å². The van der Waals surface area contributed by atoms with Crippen LogP contribution >= 0.6 is 11.6 Å². The standard InChI is InChI=1S/C24H19ClN2O5/c1-3-31-24(30)16-7-5-15(6-8-16)21-11-10-18(32-21)13-19-22(28)26-27(23(19)29)17-9-4-14(2)20(25)12-17/h4-13H,3H2,1-2H3,(H,26,28)/b19-13-. The average molecular weight is 451 g/mol. The molecule has 8 heteroatoms. The van der Waals surface area contributed by atoms with E-state index >= 15 is 0 Å². The number of ether oxygens (including phenoxy) is 1. The van der Waals surface area contributed by atoms with E-state index in [4.69, 9.17) is 20.8 Å². The summed E-state index contributed by atoms with van der Waals surface area (Å²) in [4.78, 5) is 37.0. The summed E-state index contributed by atoms with van der Waals surface area (Å²) in [6, 6.07) is 15.2. The van der Waals surface area contributed by atoms with Gasteiger partial charge < -0.3 is 9.15 Å². The summed E-state index contributed by atoms with van der Waals surface area (Å²) in [5.74, 6) is -0.568. The lowest BCUT2D eigenvalue weighted by atomic mass is 10.1. The Morgan fingerprint density at radius 2 is 1.88 bits per heavy atom. The SMILES string of the molecule is CCOC(=O)c1ccc(-c2ccc(/C=C3/C(=O)NN(c4ccc(C)c(Cl)c4)C3=O)o2)cc1. The van der Waals surface area contributed by atoms with Crippen molar-refractivity contribution >= 4 is 41.1 Å². The zero-order valence-electron chi connectivity index (χ0n) is 17.3. The number of esters is 1. The number of anilines is 1. The van der Waals surface area contributed by atoms with Gasteiger partial charge in [0.2, 0.25) is 0 Å². The molecule has 0 spiro atoms. The number of halogens is 1. The van der Waals surface area contributed by atoms with Crippen molar-refractivity contribution in [3.63, 3.8) is 0 Å². The summed E-state index contributed by atoms with van der Waals surface area (Å²) < 4.78 is 10.8. The Kier molecular flexibility index (Phi) is 5.83. The molecule has 7 nitrogen and oxygen atoms in total. The molecule has 4 rings (SSSR count). The number of carbonyl (C=O) groups excluding carboxylic acids is 3. The topological polar surface area (TPSA) is 88.9 Å². The van der Waals surface area contributed by atoms with Crippen molar-refractivity contribution in [3.8, 4) is 11.3 Å². The van der Waals surface area contributed by atoms with Gasteiger partial charge in [0.1, 0.15) is 17.1 Å². The average Bonchev–Trinajstić information content (AvgIpc) is 3.36. The molecule has 2 amide bonds. The van der Waals surface area contributed by atoms with E-state index in [1.807, 2.05) is 6.92 Å². The van der Waals surface area contributed by atoms with Gasteiger partial charge >= 0.3 is 5.97 Å². The number of hydrazine groups is 1. The van der Waals surface area contributed by atoms with Crippen molar-refractivity contribution in [3.05, 3.63) is 82.1 Å². The van der Waals surface area contributed by atoms with Crippen LogP contribution in [0.5, 0.6) is 0 Å². The molecule has 2 heterocycles. The number of amides is 2. The van der Waals surface area contributed by atoms with Crippen LogP contribution in [-0.2, 0) is 14.3 Å². The van der Waals surface area contributed by atoms with Gasteiger partial charge in [-0.25, -0.2) is 9.80 Å². The number of carbonyl (C=O) groups is 3. The lowest BCUT2D eigenvalue weighted by molar-refractivity contribution is -0.117. The summed E-state index contributed by atoms with van der Waals surface area (Å²) in [5, 5.41) is 1.64. The molecule has 1 N–H and O–H groups in total. The van der Waals surface area contributed by atoms with Gasteiger partial charge in [-0.15, -0.1) is 0 Å². The van der Waals surface area contributed by atoms with Crippen molar-refractivity contribution < 1.29 is 23.5 Å². The lowest BCUT2D eigenvalue weighted by Gasteiger charge is -2.15. The van der Waals surface area contributed by atoms with Gasteiger partial charge in [-0.3, -0.25) is 15.0 Å². The molecule has 0 atom stereocenters. The third kappa shape index (κ3) is 4.15. The summed E-state index contributed by atoms with van der Waals surface area (Å²) in [6.45, 7) is 3.90. The third-order valence-corrected chi connectivity index (χ3v) is 5.31. The molecular formula is C24H19ClN2O5. The van der Waals surface area contributed by atoms with Crippen LogP contribution in [-0.4, -0.2) is 24.4 Å². The molecule has 0 bridgehead atoms. The Labute approximate surface area is 189 Å². The highest BCUT2D eigenvalue weighted by Crippen LogP contribution is 2.28. The van der Waals surface area contributed by atoms with Gasteiger partial charge in [0.15, 0.2) is 0 Å². The van der Waals surface area contributed by atoms with E-state index in [1.54, 1.807) is 61.5 Å². The molecule has 1 fully saturated rings. The number of furan rings is 1. The predicted octanol–water partition coefficient (Wildman–Crippen LogP) is 4.55. The van der Waals surface area contributed by atoms with Crippen LogP contribution < -0.4 is 10.4 Å². The molecule has 0 aliphatic carbocycles. The Bertz CT molecular complexity index is 1240. The smallest absolute Gasteiger partial charge is 0.338 e. The van der Waals surface area contributed by atoms with Gasteiger partial charge in [0, 0.05) is 10.6 Å². The fraction of sp³-hybridized carbons (Fsp3) is 0.125. The molecule has 0 unspecified atom stereocenters. The maximum absolute atomic E-state index is 12.8. The van der Waals surface area contributed by atoms with Crippen molar-refractivity contribution in [1.29, 1.82) is 0 Å². The predicted molar refractivity (Wildman–Crippen MR) is 120 cm³/mol. The van der Waals surface area contributed by atoms with Crippen LogP contribution in [0.1, 0.15) is 28.6 Å². The Balaban J connectivity index is 1.55. The largest absolute Gasteiger partial charge is 0.462 e. The van der Waals surface area contributed by atoms with Gasteiger partial charge in [-0.05, 0) is 61.9 Å². The minimum Gasteiger partial charge on any atom is -0.462 e. The number of benzene rings is 2. The zero-order chi connectivity index (χ0) is 22.8. The molecule has 2 aromatic carbocycles. The molecular weight excluding hydrogens is 432 g/mol. The first-order valence-corrected chi connectivity index (χ1v) is 10.3. The van der Waals surface area contributed by atoms with Crippen LogP contribution in [0.3, 0.4) is 0 Å². The highest BCUT2D eigenvalue weighted by molar-refractivity contribution is 6.33. The number of rotatable bonds is 5. The van der Waals surface area contributed by atoms with Crippen molar-refractivity contribution in [2.24, 2.45) is 0 Å². The second-order valence-corrected chi connectivity index (χ2v) is 7.48. The van der Waals surface area contributed by atoms with Crippen molar-refractivity contribution in [2.45, 2.75) is 13.8 Å². The molecule has 1 aliphatic rings. The fourth-order valence-corrected chi connectivity index (χ4v) is 3.35. The lowest BCUT2D eigenvalue weighted by Crippen LogP contribution is -2.35. The quantitative estimate of drug-likeness (QED) is 0.350. The molecule has 162 valence electrons. The summed E-state index contributed by atoms with van der Waals surface area (Å²) >= 11 is 6.14. The van der Waals surface area contributed by atoms with E-state index in [0.717, 1.165) is 16.1 Å². The van der Waals surface area contributed by atoms with Gasteiger partial charge in [0.05, 0.1) is 17.9 Å². The molecule has 1 saturated heterocycles. The molecule has 0 saturated carbocycles. The maximum atomic E-state index is 12.8. The first-order valence-electron chi connectivity index (χ1n) is 9.88. The number of hydrogen-bond acceptors (Lipinski definition) is 5. The number of aryl methyl sites for hydroxylation is 1. The van der Waals surface area contributed by atoms with Gasteiger partial charge in [0.25, 0.3) is 11.8 Å². The summed E-state index contributed by atoms with van der Waals surface area (Å²) in [5.41, 5.74) is 4.98. The van der Waals surface area contributed by atoms with Crippen LogP contribution in [0, 0.1) is 6.92 Å². The first-order chi connectivity index (χ1) is 15.4. The Morgan fingerprint density at radius 3 is 2.56 bits per heavy atom. The minimum atomic E-state index is -0.538. The van der Waals surface area contributed by atoms with E-state index < -0.39 is 17.8 Å². The minimum absolute atomic E-state index is 0.0553. The van der Waals surface area contributed by atoms with Crippen LogP contribution in [0.25, 0.3) is 17.4 Å². The van der Waals surface area contributed by atoms with E-state index in [-0.39, 0.29) is 5.57 Å². The maximum Gasteiger partial charge on any atom is 0.338 e. The second kappa shape index (κ2) is 8.72. The molecule has 32 heavy (non-hydrogen) atoms. The van der Waals surface area contributed by atoms with Crippen LogP contribution in [0.4, 0.5) is 5.69 Å². The Hall–Kier alpha value is -3.84. The molecule has 3 aromatic rings. The third-order valence-electron chi connectivity index (χ3n) is 4.90. The summed E-state index contributed by atoms with van der Waals surface area (Å²) in [6.07, 6.45) is 1.39. The van der Waals surface area contributed by atoms with Gasteiger partial charge in [-0.1, -0.05) is 29.8 Å². The monoisotopic (exact) mass is 450 g/mol. The van der Waals surface area contributed by atoms with E-state index in [2.05, 4.69) is 5.43 Å². The molecule has 1 aliphatic heterocycles. The summed E-state index contributed by atoms with van der Waals surface area (Å²) in [7, 11) is 0. The number of hydrogen-bond donors (Lipinski definition) is 1. The fourth-order valence-electron chi connectivity index (χ4n) is 3.17.